The van der Waals surface area contributed by atoms with Crippen LogP contribution in [0.3, 0.4) is 0 Å². The third-order valence-corrected chi connectivity index (χ3v) is 14.3. The van der Waals surface area contributed by atoms with Crippen molar-refractivity contribution in [3.63, 3.8) is 0 Å². The summed E-state index contributed by atoms with van der Waals surface area (Å²) >= 11 is 0. The van der Waals surface area contributed by atoms with Crippen LogP contribution in [0, 0.1) is 33.5 Å². The second-order valence-electron chi connectivity index (χ2n) is 16.5. The molecule has 0 radical (unpaired) electrons. The zero-order valence-electron chi connectivity index (χ0n) is 27.1. The van der Waals surface area contributed by atoms with E-state index < -0.39 is 11.4 Å². The van der Waals surface area contributed by atoms with Gasteiger partial charge in [0.1, 0.15) is 0 Å². The number of carbonyl (C=O) groups is 3. The van der Waals surface area contributed by atoms with Gasteiger partial charge in [-0.25, -0.2) is 0 Å². The molecule has 0 spiro atoms. The fraction of sp³-hybridized carbons (Fsp3) is 0.694. The van der Waals surface area contributed by atoms with E-state index in [0.717, 1.165) is 62.6 Å². The topological polar surface area (TPSA) is 89.9 Å². The second kappa shape index (κ2) is 8.95. The van der Waals surface area contributed by atoms with Gasteiger partial charge in [-0.1, -0.05) is 45.4 Å². The minimum atomic E-state index is -0.441. The Kier molecular flexibility index (Phi) is 6.05. The maximum Gasteiger partial charge on any atom is 0.311 e. The first-order chi connectivity index (χ1) is 20.1. The number of rotatable bonds is 1. The van der Waals surface area contributed by atoms with E-state index in [9.17, 15) is 19.5 Å². The summed E-state index contributed by atoms with van der Waals surface area (Å²) in [4.78, 5) is 43.5. The number of ketones is 1. The SMILES string of the molecule is CC1=C(O)C(=O)C=C2C1=CC=C1[C@@]2(C)CC[C@@]2(C)C3C[C@](C)(NC(=O)C(=O)N4C[C@H]5CN(C)[C@H]5C4)CC[C@]3(C)CC[C@]12C. The summed E-state index contributed by atoms with van der Waals surface area (Å²) in [6, 6.07) is 0.396. The first-order valence-electron chi connectivity index (χ1n) is 16.5. The summed E-state index contributed by atoms with van der Waals surface area (Å²) in [5.74, 6) is -0.356. The lowest BCUT2D eigenvalue weighted by Gasteiger charge is -2.70. The number of amides is 2. The molecule has 3 saturated carbocycles. The van der Waals surface area contributed by atoms with E-state index in [-0.39, 0.29) is 39.1 Å². The molecule has 7 nitrogen and oxygen atoms in total. The van der Waals surface area contributed by atoms with Crippen LogP contribution < -0.4 is 5.32 Å². The number of fused-ring (bicyclic) bond motifs is 8. The van der Waals surface area contributed by atoms with Gasteiger partial charge < -0.3 is 20.2 Å². The van der Waals surface area contributed by atoms with Crippen molar-refractivity contribution in [2.45, 2.75) is 98.1 Å². The van der Waals surface area contributed by atoms with Crippen LogP contribution in [0.4, 0.5) is 0 Å². The second-order valence-corrected chi connectivity index (χ2v) is 16.5. The Balaban J connectivity index is 1.17. The number of likely N-dealkylation sites (N-methyl/N-ethyl adjacent to an activating group) is 1. The summed E-state index contributed by atoms with van der Waals surface area (Å²) in [5.41, 5.74) is 3.55. The Labute approximate surface area is 256 Å². The fourth-order valence-electron chi connectivity index (χ4n) is 11.1. The third-order valence-electron chi connectivity index (χ3n) is 14.3. The number of hydrogen-bond donors (Lipinski definition) is 2. The van der Waals surface area contributed by atoms with E-state index in [1.807, 2.05) is 6.92 Å². The molecule has 2 amide bonds. The van der Waals surface area contributed by atoms with Gasteiger partial charge in [-0.15, -0.1) is 0 Å². The molecule has 0 aromatic heterocycles. The molecule has 2 aliphatic heterocycles. The molecule has 0 bridgehead atoms. The number of hydrogen-bond acceptors (Lipinski definition) is 5. The van der Waals surface area contributed by atoms with Gasteiger partial charge in [0.05, 0.1) is 0 Å². The standard InChI is InChI=1S/C36H49N3O4/c1-21-23-8-9-27-34(4,24(23)16-26(40)29(21)41)13-15-36(6)28-17-33(3,12-10-32(28,2)11-14-35(27,36)5)37-30(42)31(43)39-19-22-18-38(7)25(22)20-39/h8-9,16,22,25,28,41H,10-15,17-20H2,1-7H3,(H,37,42)/t22-,25+,28?,32-,33-,34+,35-,36+/m1/s1. The molecule has 0 aromatic carbocycles. The van der Waals surface area contributed by atoms with E-state index >= 15 is 0 Å². The van der Waals surface area contributed by atoms with Gasteiger partial charge in [0, 0.05) is 48.1 Å². The van der Waals surface area contributed by atoms with E-state index in [1.165, 1.54) is 5.57 Å². The first-order valence-corrected chi connectivity index (χ1v) is 16.5. The summed E-state index contributed by atoms with van der Waals surface area (Å²) in [6.45, 7) is 16.1. The Bertz CT molecular complexity index is 1470. The van der Waals surface area contributed by atoms with Gasteiger partial charge in [0.25, 0.3) is 0 Å². The van der Waals surface area contributed by atoms with Crippen molar-refractivity contribution >= 4 is 17.6 Å². The highest BCUT2D eigenvalue weighted by molar-refractivity contribution is 6.35. The summed E-state index contributed by atoms with van der Waals surface area (Å²) < 4.78 is 0. The zero-order valence-corrected chi connectivity index (χ0v) is 27.1. The number of aliphatic hydroxyl groups is 1. The summed E-state index contributed by atoms with van der Waals surface area (Å²) in [5, 5.41) is 13.7. The monoisotopic (exact) mass is 587 g/mol. The van der Waals surface area contributed by atoms with Gasteiger partial charge in [-0.2, -0.15) is 0 Å². The molecule has 43 heavy (non-hydrogen) atoms. The molecule has 5 fully saturated rings. The van der Waals surface area contributed by atoms with Crippen LogP contribution in [0.25, 0.3) is 0 Å². The van der Waals surface area contributed by atoms with Crippen molar-refractivity contribution in [3.8, 4) is 0 Å². The van der Waals surface area contributed by atoms with Crippen LogP contribution >= 0.6 is 0 Å². The van der Waals surface area contributed by atoms with Crippen LogP contribution in [-0.2, 0) is 14.4 Å². The van der Waals surface area contributed by atoms with Crippen molar-refractivity contribution in [2.75, 3.05) is 26.7 Å². The lowest BCUT2D eigenvalue weighted by atomic mass is 9.35. The largest absolute Gasteiger partial charge is 0.504 e. The Morgan fingerprint density at radius 1 is 0.953 bits per heavy atom. The number of allylic oxidation sites excluding steroid dienone is 7. The molecule has 8 atom stereocenters. The Morgan fingerprint density at radius 3 is 2.37 bits per heavy atom. The van der Waals surface area contributed by atoms with E-state index in [2.05, 4.69) is 64.0 Å². The van der Waals surface area contributed by atoms with Gasteiger partial charge in [-0.3, -0.25) is 14.4 Å². The molecular formula is C36H49N3O4. The minimum Gasteiger partial charge on any atom is -0.504 e. The average molecular weight is 588 g/mol. The van der Waals surface area contributed by atoms with Crippen LogP contribution in [-0.4, -0.2) is 70.8 Å². The van der Waals surface area contributed by atoms with Crippen molar-refractivity contribution < 1.29 is 19.5 Å². The first kappa shape index (κ1) is 29.1. The highest BCUT2D eigenvalue weighted by Crippen LogP contribution is 2.75. The van der Waals surface area contributed by atoms with Crippen LogP contribution in [0.1, 0.15) is 86.5 Å². The number of nitrogens with zero attached hydrogens (tertiary/aromatic N) is 2. The average Bonchev–Trinajstić information content (AvgIpc) is 3.31. The van der Waals surface area contributed by atoms with Crippen molar-refractivity contribution in [3.05, 3.63) is 46.3 Å². The van der Waals surface area contributed by atoms with Crippen LogP contribution in [0.5, 0.6) is 0 Å². The minimum absolute atomic E-state index is 0.00189. The normalized spacial score (nSPS) is 45.4. The van der Waals surface area contributed by atoms with Crippen LogP contribution in [0.15, 0.2) is 46.3 Å². The molecular weight excluding hydrogens is 538 g/mol. The maximum atomic E-state index is 13.4. The number of aliphatic hydroxyl groups excluding tert-OH is 1. The maximum absolute atomic E-state index is 13.4. The van der Waals surface area contributed by atoms with Crippen molar-refractivity contribution in [2.24, 2.45) is 33.5 Å². The van der Waals surface area contributed by atoms with Gasteiger partial charge >= 0.3 is 11.8 Å². The smallest absolute Gasteiger partial charge is 0.311 e. The molecule has 7 rings (SSSR count). The molecule has 0 aromatic rings. The van der Waals surface area contributed by atoms with Crippen LogP contribution in [0.2, 0.25) is 0 Å². The molecule has 232 valence electrons. The predicted octanol–water partition coefficient (Wildman–Crippen LogP) is 5.25. The number of nitrogens with one attached hydrogen (secondary N) is 1. The lowest BCUT2D eigenvalue weighted by Crippen LogP contribution is -2.64. The van der Waals surface area contributed by atoms with E-state index in [0.29, 0.717) is 36.5 Å². The van der Waals surface area contributed by atoms with Gasteiger partial charge in [0.2, 0.25) is 5.78 Å². The molecule has 7 aliphatic rings. The third kappa shape index (κ3) is 3.79. The van der Waals surface area contributed by atoms with E-state index in [1.54, 1.807) is 11.0 Å². The lowest BCUT2D eigenvalue weighted by molar-refractivity contribution is -0.159. The highest BCUT2D eigenvalue weighted by Gasteiger charge is 2.67. The van der Waals surface area contributed by atoms with Crippen molar-refractivity contribution in [1.29, 1.82) is 0 Å². The van der Waals surface area contributed by atoms with Gasteiger partial charge in [0.15, 0.2) is 5.76 Å². The fourth-order valence-corrected chi connectivity index (χ4v) is 11.1. The van der Waals surface area contributed by atoms with Crippen molar-refractivity contribution in [1.82, 2.24) is 15.1 Å². The highest BCUT2D eigenvalue weighted by atomic mass is 16.3. The predicted molar refractivity (Wildman–Crippen MR) is 166 cm³/mol. The molecule has 5 aliphatic carbocycles. The summed E-state index contributed by atoms with van der Waals surface area (Å²) in [7, 11) is 2.09. The number of carbonyl (C=O) groups excluding carboxylic acids is 3. The molecule has 1 unspecified atom stereocenters. The zero-order chi connectivity index (χ0) is 30.9. The molecule has 7 heteroatoms. The quantitative estimate of drug-likeness (QED) is 0.409. The Morgan fingerprint density at radius 2 is 1.67 bits per heavy atom. The Hall–Kier alpha value is -2.67. The number of likely N-dealkylation sites (tertiary alicyclic amines) is 2. The molecule has 2 N–H and O–H groups in total. The molecule has 2 heterocycles. The van der Waals surface area contributed by atoms with E-state index in [4.69, 9.17) is 0 Å². The molecule has 2 saturated heterocycles. The van der Waals surface area contributed by atoms with Gasteiger partial charge in [-0.05, 0) is 105 Å². The summed E-state index contributed by atoms with van der Waals surface area (Å²) in [6.07, 6.45) is 13.1.